The first-order valence-corrected chi connectivity index (χ1v) is 5.11. The first-order chi connectivity index (χ1) is 7.09. The van der Waals surface area contributed by atoms with Gasteiger partial charge in [0.1, 0.15) is 0 Å². The summed E-state index contributed by atoms with van der Waals surface area (Å²) in [6, 6.07) is 8.45. The van der Waals surface area contributed by atoms with Crippen LogP contribution >= 0.6 is 0 Å². The fraction of sp³-hybridized carbons (Fsp3) is 0.417. The average molecular weight is 207 g/mol. The molecule has 0 aliphatic heterocycles. The number of hydrogen-bond acceptors (Lipinski definition) is 2. The molecule has 0 spiro atoms. The molecule has 3 heteroatoms. The molecule has 15 heavy (non-hydrogen) atoms. The Balaban J connectivity index is 2.43. The van der Waals surface area contributed by atoms with E-state index in [0.29, 0.717) is 6.54 Å². The Kier molecular flexibility index (Phi) is 4.31. The van der Waals surface area contributed by atoms with Crippen molar-refractivity contribution in [2.45, 2.75) is 26.3 Å². The van der Waals surface area contributed by atoms with Gasteiger partial charge in [-0.1, -0.05) is 29.8 Å². The predicted octanol–water partition coefficient (Wildman–Crippen LogP) is 2.12. The Labute approximate surface area is 90.1 Å². The number of carbonyl (C=O) groups is 1. The van der Waals surface area contributed by atoms with Crippen molar-refractivity contribution in [1.29, 1.82) is 0 Å². The highest BCUT2D eigenvalue weighted by Gasteiger charge is 2.04. The van der Waals surface area contributed by atoms with Crippen LogP contribution in [0.3, 0.4) is 0 Å². The van der Waals surface area contributed by atoms with E-state index in [2.05, 4.69) is 29.6 Å². The summed E-state index contributed by atoms with van der Waals surface area (Å²) in [5.41, 5.74) is 2.42. The van der Waals surface area contributed by atoms with Crippen LogP contribution in [0.25, 0.3) is 0 Å². The molecule has 1 rings (SSSR count). The van der Waals surface area contributed by atoms with Crippen molar-refractivity contribution >= 4 is 5.97 Å². The van der Waals surface area contributed by atoms with Crippen molar-refractivity contribution in [3.05, 3.63) is 35.4 Å². The number of nitrogens with one attached hydrogen (secondary N) is 1. The molecule has 0 heterocycles. The average Bonchev–Trinajstić information content (AvgIpc) is 2.18. The molecule has 0 saturated heterocycles. The summed E-state index contributed by atoms with van der Waals surface area (Å²) in [7, 11) is 0. The maximum Gasteiger partial charge on any atom is 0.304 e. The number of carboxylic acids is 1. The molecule has 1 aromatic rings. The van der Waals surface area contributed by atoms with E-state index in [4.69, 9.17) is 5.11 Å². The summed E-state index contributed by atoms with van der Waals surface area (Å²) >= 11 is 0. The van der Waals surface area contributed by atoms with Crippen molar-refractivity contribution < 1.29 is 9.90 Å². The molecule has 0 aromatic heterocycles. The largest absolute Gasteiger partial charge is 0.481 e. The van der Waals surface area contributed by atoms with Crippen molar-refractivity contribution in [2.75, 3.05) is 6.54 Å². The van der Waals surface area contributed by atoms with Crippen LogP contribution in [-0.4, -0.2) is 17.6 Å². The molecule has 0 aliphatic rings. The lowest BCUT2D eigenvalue weighted by Gasteiger charge is -2.13. The van der Waals surface area contributed by atoms with Crippen LogP contribution < -0.4 is 5.32 Å². The van der Waals surface area contributed by atoms with E-state index in [1.54, 1.807) is 0 Å². The number of carboxylic acid groups (broad SMARTS) is 1. The Bertz CT molecular complexity index is 319. The molecule has 0 bridgehead atoms. The Morgan fingerprint density at radius 1 is 1.40 bits per heavy atom. The third kappa shape index (κ3) is 4.13. The van der Waals surface area contributed by atoms with Gasteiger partial charge in [-0.15, -0.1) is 0 Å². The summed E-state index contributed by atoms with van der Waals surface area (Å²) in [4.78, 5) is 10.3. The van der Waals surface area contributed by atoms with Crippen LogP contribution in [-0.2, 0) is 4.79 Å². The Hall–Kier alpha value is -1.35. The van der Waals surface area contributed by atoms with Crippen LogP contribution in [0.4, 0.5) is 0 Å². The minimum absolute atomic E-state index is 0.163. The number of rotatable bonds is 5. The van der Waals surface area contributed by atoms with Gasteiger partial charge in [-0.3, -0.25) is 4.79 Å². The lowest BCUT2D eigenvalue weighted by molar-refractivity contribution is -0.136. The first-order valence-electron chi connectivity index (χ1n) is 5.11. The summed E-state index contributed by atoms with van der Waals surface area (Å²) < 4.78 is 0. The van der Waals surface area contributed by atoms with Crippen LogP contribution in [0, 0.1) is 6.92 Å². The van der Waals surface area contributed by atoms with Gasteiger partial charge >= 0.3 is 5.97 Å². The second kappa shape index (κ2) is 5.51. The molecular formula is C12H17NO2. The van der Waals surface area contributed by atoms with E-state index >= 15 is 0 Å². The number of aliphatic carboxylic acids is 1. The standard InChI is InChI=1S/C12H17NO2/c1-9-3-5-11(6-4-9)10(2)13-8-7-12(14)15/h3-6,10,13H,7-8H2,1-2H3,(H,14,15)/t10-/m1/s1. The minimum atomic E-state index is -0.765. The quantitative estimate of drug-likeness (QED) is 0.777. The molecule has 0 saturated carbocycles. The highest BCUT2D eigenvalue weighted by atomic mass is 16.4. The van der Waals surface area contributed by atoms with Gasteiger partial charge in [0, 0.05) is 12.6 Å². The molecule has 2 N–H and O–H groups in total. The number of hydrogen-bond donors (Lipinski definition) is 2. The lowest BCUT2D eigenvalue weighted by Crippen LogP contribution is -2.21. The lowest BCUT2D eigenvalue weighted by atomic mass is 10.1. The Morgan fingerprint density at radius 3 is 2.53 bits per heavy atom. The molecule has 0 amide bonds. The zero-order valence-corrected chi connectivity index (χ0v) is 9.16. The summed E-state index contributed by atoms with van der Waals surface area (Å²) in [6.07, 6.45) is 0.163. The van der Waals surface area contributed by atoms with E-state index in [1.165, 1.54) is 11.1 Å². The molecule has 3 nitrogen and oxygen atoms in total. The fourth-order valence-corrected chi connectivity index (χ4v) is 1.37. The van der Waals surface area contributed by atoms with Crippen LogP contribution in [0.2, 0.25) is 0 Å². The molecule has 0 aliphatic carbocycles. The third-order valence-corrected chi connectivity index (χ3v) is 2.37. The van der Waals surface area contributed by atoms with Crippen molar-refractivity contribution in [1.82, 2.24) is 5.32 Å². The van der Waals surface area contributed by atoms with Crippen LogP contribution in [0.5, 0.6) is 0 Å². The number of aryl methyl sites for hydroxylation is 1. The normalized spacial score (nSPS) is 12.4. The molecular weight excluding hydrogens is 190 g/mol. The van der Waals surface area contributed by atoms with Gasteiger partial charge in [0.05, 0.1) is 6.42 Å². The second-order valence-electron chi connectivity index (χ2n) is 3.73. The monoisotopic (exact) mass is 207 g/mol. The van der Waals surface area contributed by atoms with Gasteiger partial charge in [-0.05, 0) is 19.4 Å². The van der Waals surface area contributed by atoms with Gasteiger partial charge in [-0.25, -0.2) is 0 Å². The summed E-state index contributed by atoms with van der Waals surface area (Å²) in [5, 5.41) is 11.7. The van der Waals surface area contributed by atoms with E-state index in [1.807, 2.05) is 13.8 Å². The molecule has 0 fully saturated rings. The van der Waals surface area contributed by atoms with Crippen molar-refractivity contribution in [2.24, 2.45) is 0 Å². The maximum atomic E-state index is 10.3. The van der Waals surface area contributed by atoms with E-state index in [9.17, 15) is 4.79 Å². The summed E-state index contributed by atoms with van der Waals surface area (Å²) in [6.45, 7) is 4.59. The highest BCUT2D eigenvalue weighted by molar-refractivity contribution is 5.66. The van der Waals surface area contributed by atoms with Crippen LogP contribution in [0.1, 0.15) is 30.5 Å². The van der Waals surface area contributed by atoms with E-state index in [-0.39, 0.29) is 12.5 Å². The van der Waals surface area contributed by atoms with Gasteiger partial charge in [0.15, 0.2) is 0 Å². The molecule has 0 unspecified atom stereocenters. The molecule has 82 valence electrons. The van der Waals surface area contributed by atoms with Crippen molar-refractivity contribution in [3.63, 3.8) is 0 Å². The topological polar surface area (TPSA) is 49.3 Å². The molecule has 0 radical (unpaired) electrons. The second-order valence-corrected chi connectivity index (χ2v) is 3.73. The SMILES string of the molecule is Cc1ccc([C@@H](C)NCCC(=O)O)cc1. The molecule has 1 atom stereocenters. The molecule has 1 aromatic carbocycles. The minimum Gasteiger partial charge on any atom is -0.481 e. The van der Waals surface area contributed by atoms with Crippen molar-refractivity contribution in [3.8, 4) is 0 Å². The predicted molar refractivity (Wildman–Crippen MR) is 59.8 cm³/mol. The third-order valence-electron chi connectivity index (χ3n) is 2.37. The first kappa shape index (κ1) is 11.7. The van der Waals surface area contributed by atoms with E-state index in [0.717, 1.165) is 0 Å². The Morgan fingerprint density at radius 2 is 2.00 bits per heavy atom. The van der Waals surface area contributed by atoms with Crippen LogP contribution in [0.15, 0.2) is 24.3 Å². The smallest absolute Gasteiger partial charge is 0.304 e. The van der Waals surface area contributed by atoms with Gasteiger partial charge in [0.2, 0.25) is 0 Å². The van der Waals surface area contributed by atoms with Gasteiger partial charge in [0.25, 0.3) is 0 Å². The summed E-state index contributed by atoms with van der Waals surface area (Å²) in [5.74, 6) is -0.765. The zero-order chi connectivity index (χ0) is 11.3. The fourth-order valence-electron chi connectivity index (χ4n) is 1.37. The maximum absolute atomic E-state index is 10.3. The highest BCUT2D eigenvalue weighted by Crippen LogP contribution is 2.12. The van der Waals surface area contributed by atoms with Gasteiger partial charge < -0.3 is 10.4 Å². The number of benzene rings is 1. The zero-order valence-electron chi connectivity index (χ0n) is 9.16. The van der Waals surface area contributed by atoms with E-state index < -0.39 is 5.97 Å². The van der Waals surface area contributed by atoms with Gasteiger partial charge in [-0.2, -0.15) is 0 Å².